The second kappa shape index (κ2) is 4.99. The Kier molecular flexibility index (Phi) is 3.41. The highest BCUT2D eigenvalue weighted by Crippen LogP contribution is 2.21. The number of carboxylic acid groups (broad SMARTS) is 1. The first-order valence-electron chi connectivity index (χ1n) is 5.61. The molecule has 1 atom stereocenters. The van der Waals surface area contributed by atoms with Crippen LogP contribution in [-0.4, -0.2) is 39.6 Å². The largest absolute Gasteiger partial charge is 0.481 e. The second-order valence-corrected chi connectivity index (χ2v) is 4.13. The monoisotopic (exact) mass is 238 g/mol. The first-order valence-corrected chi connectivity index (χ1v) is 5.61. The van der Waals surface area contributed by atoms with E-state index in [0.29, 0.717) is 6.54 Å². The number of likely N-dealkylation sites (tertiary alicyclic amines) is 1. The van der Waals surface area contributed by atoms with E-state index in [9.17, 15) is 9.59 Å². The van der Waals surface area contributed by atoms with Crippen molar-refractivity contribution in [2.75, 3.05) is 6.54 Å². The van der Waals surface area contributed by atoms with E-state index in [-0.39, 0.29) is 24.1 Å². The van der Waals surface area contributed by atoms with E-state index in [4.69, 9.17) is 5.11 Å². The van der Waals surface area contributed by atoms with Crippen LogP contribution >= 0.6 is 0 Å². The third-order valence-electron chi connectivity index (χ3n) is 2.96. The van der Waals surface area contributed by atoms with E-state index in [0.717, 1.165) is 19.3 Å². The molecule has 1 fully saturated rings. The van der Waals surface area contributed by atoms with Gasteiger partial charge in [0.25, 0.3) is 5.91 Å². The van der Waals surface area contributed by atoms with E-state index in [2.05, 4.69) is 9.68 Å². The molecule has 1 N–H and O–H groups in total. The van der Waals surface area contributed by atoms with Gasteiger partial charge < -0.3 is 14.5 Å². The molecular weight excluding hydrogens is 224 g/mol. The molecule has 1 aromatic heterocycles. The lowest BCUT2D eigenvalue weighted by Crippen LogP contribution is -2.44. The Balaban J connectivity index is 2.10. The predicted molar refractivity (Wildman–Crippen MR) is 57.4 cm³/mol. The summed E-state index contributed by atoms with van der Waals surface area (Å²) in [7, 11) is 0. The van der Waals surface area contributed by atoms with Crippen LogP contribution in [0.2, 0.25) is 0 Å². The summed E-state index contributed by atoms with van der Waals surface area (Å²) in [4.78, 5) is 24.4. The number of aromatic nitrogens is 1. The molecule has 92 valence electrons. The van der Waals surface area contributed by atoms with Crippen LogP contribution < -0.4 is 0 Å². The van der Waals surface area contributed by atoms with Gasteiger partial charge in [0, 0.05) is 18.7 Å². The van der Waals surface area contributed by atoms with Gasteiger partial charge in [-0.05, 0) is 19.3 Å². The van der Waals surface area contributed by atoms with Gasteiger partial charge in [0.15, 0.2) is 5.69 Å². The maximum absolute atomic E-state index is 12.1. The molecular formula is C11H14N2O4. The first kappa shape index (κ1) is 11.6. The molecule has 0 saturated carbocycles. The Morgan fingerprint density at radius 3 is 3.00 bits per heavy atom. The quantitative estimate of drug-likeness (QED) is 0.853. The zero-order valence-electron chi connectivity index (χ0n) is 9.33. The van der Waals surface area contributed by atoms with Gasteiger partial charge in [-0.3, -0.25) is 9.59 Å². The number of carbonyl (C=O) groups excluding carboxylic acids is 1. The first-order chi connectivity index (χ1) is 8.18. The van der Waals surface area contributed by atoms with Crippen LogP contribution in [0.3, 0.4) is 0 Å². The fraction of sp³-hybridized carbons (Fsp3) is 0.545. The average molecular weight is 238 g/mol. The standard InChI is InChI=1S/C11H14N2O4/c14-10(15)7-8-3-1-2-5-13(8)11(16)9-4-6-17-12-9/h4,6,8H,1-3,5,7H2,(H,14,15). The SMILES string of the molecule is O=C(O)CC1CCCCN1C(=O)c1ccon1. The van der Waals surface area contributed by atoms with Crippen molar-refractivity contribution >= 4 is 11.9 Å². The van der Waals surface area contributed by atoms with E-state index in [1.807, 2.05) is 0 Å². The van der Waals surface area contributed by atoms with Crippen LogP contribution in [0.25, 0.3) is 0 Å². The van der Waals surface area contributed by atoms with Crippen LogP contribution in [0.5, 0.6) is 0 Å². The van der Waals surface area contributed by atoms with Crippen molar-refractivity contribution in [3.05, 3.63) is 18.0 Å². The van der Waals surface area contributed by atoms with E-state index >= 15 is 0 Å². The van der Waals surface area contributed by atoms with E-state index < -0.39 is 5.97 Å². The van der Waals surface area contributed by atoms with E-state index in [1.54, 1.807) is 4.90 Å². The summed E-state index contributed by atoms with van der Waals surface area (Å²) in [5, 5.41) is 12.4. The topological polar surface area (TPSA) is 83.6 Å². The minimum absolute atomic E-state index is 0.0103. The molecule has 1 aromatic rings. The Morgan fingerprint density at radius 1 is 1.53 bits per heavy atom. The number of nitrogens with zero attached hydrogens (tertiary/aromatic N) is 2. The molecule has 2 heterocycles. The highest BCUT2D eigenvalue weighted by molar-refractivity contribution is 5.92. The molecule has 1 unspecified atom stereocenters. The average Bonchev–Trinajstić information content (AvgIpc) is 2.81. The molecule has 1 aliphatic heterocycles. The number of hydrogen-bond donors (Lipinski definition) is 1. The van der Waals surface area contributed by atoms with Gasteiger partial charge in [0.1, 0.15) is 6.26 Å². The molecule has 1 saturated heterocycles. The van der Waals surface area contributed by atoms with Crippen molar-refractivity contribution in [1.29, 1.82) is 0 Å². The van der Waals surface area contributed by atoms with Crippen LogP contribution in [0.1, 0.15) is 36.2 Å². The normalized spacial score (nSPS) is 20.2. The summed E-state index contributed by atoms with van der Waals surface area (Å²) in [6.07, 6.45) is 3.92. The number of rotatable bonds is 3. The molecule has 6 nitrogen and oxygen atoms in total. The molecule has 0 bridgehead atoms. The van der Waals surface area contributed by atoms with Gasteiger partial charge in [-0.1, -0.05) is 5.16 Å². The number of piperidine rings is 1. The van der Waals surface area contributed by atoms with Crippen molar-refractivity contribution in [3.8, 4) is 0 Å². The van der Waals surface area contributed by atoms with Crippen LogP contribution in [0.4, 0.5) is 0 Å². The molecule has 2 rings (SSSR count). The molecule has 0 spiro atoms. The highest BCUT2D eigenvalue weighted by Gasteiger charge is 2.30. The third kappa shape index (κ3) is 2.64. The summed E-state index contributed by atoms with van der Waals surface area (Å²) < 4.78 is 4.63. The molecule has 0 aromatic carbocycles. The van der Waals surface area contributed by atoms with E-state index in [1.165, 1.54) is 12.3 Å². The molecule has 6 heteroatoms. The summed E-state index contributed by atoms with van der Waals surface area (Å²) in [6.45, 7) is 0.587. The fourth-order valence-electron chi connectivity index (χ4n) is 2.15. The summed E-state index contributed by atoms with van der Waals surface area (Å²) in [5.41, 5.74) is 0.238. The summed E-state index contributed by atoms with van der Waals surface area (Å²) in [6, 6.07) is 1.26. The van der Waals surface area contributed by atoms with Gasteiger partial charge in [-0.15, -0.1) is 0 Å². The van der Waals surface area contributed by atoms with Gasteiger partial charge in [0.2, 0.25) is 0 Å². The van der Waals surface area contributed by atoms with Crippen molar-refractivity contribution < 1.29 is 19.2 Å². The summed E-state index contributed by atoms with van der Waals surface area (Å²) in [5.74, 6) is -1.13. The zero-order valence-corrected chi connectivity index (χ0v) is 9.33. The summed E-state index contributed by atoms with van der Waals surface area (Å²) >= 11 is 0. The maximum atomic E-state index is 12.1. The van der Waals surface area contributed by atoms with Gasteiger partial charge in [-0.25, -0.2) is 0 Å². The Bertz CT molecular complexity index is 402. The van der Waals surface area contributed by atoms with Crippen LogP contribution in [0.15, 0.2) is 16.9 Å². The third-order valence-corrected chi connectivity index (χ3v) is 2.96. The second-order valence-electron chi connectivity index (χ2n) is 4.13. The minimum atomic E-state index is -0.880. The predicted octanol–water partition coefficient (Wildman–Crippen LogP) is 1.14. The number of carbonyl (C=O) groups is 2. The molecule has 17 heavy (non-hydrogen) atoms. The molecule has 0 radical (unpaired) electrons. The lowest BCUT2D eigenvalue weighted by Gasteiger charge is -2.34. The zero-order chi connectivity index (χ0) is 12.3. The number of amides is 1. The smallest absolute Gasteiger partial charge is 0.305 e. The van der Waals surface area contributed by atoms with Gasteiger partial charge in [-0.2, -0.15) is 0 Å². The van der Waals surface area contributed by atoms with Crippen molar-refractivity contribution in [2.24, 2.45) is 0 Å². The van der Waals surface area contributed by atoms with Gasteiger partial charge >= 0.3 is 5.97 Å². The van der Waals surface area contributed by atoms with Crippen molar-refractivity contribution in [1.82, 2.24) is 10.1 Å². The van der Waals surface area contributed by atoms with Crippen molar-refractivity contribution in [2.45, 2.75) is 31.7 Å². The lowest BCUT2D eigenvalue weighted by molar-refractivity contribution is -0.138. The number of hydrogen-bond acceptors (Lipinski definition) is 4. The molecule has 1 amide bonds. The molecule has 0 aliphatic carbocycles. The lowest BCUT2D eigenvalue weighted by atomic mass is 9.99. The van der Waals surface area contributed by atoms with Crippen LogP contribution in [0, 0.1) is 0 Å². The number of aliphatic carboxylic acids is 1. The van der Waals surface area contributed by atoms with Gasteiger partial charge in [0.05, 0.1) is 6.42 Å². The number of carboxylic acids is 1. The molecule has 1 aliphatic rings. The maximum Gasteiger partial charge on any atom is 0.305 e. The van der Waals surface area contributed by atoms with Crippen LogP contribution in [-0.2, 0) is 4.79 Å². The Hall–Kier alpha value is -1.85. The fourth-order valence-corrected chi connectivity index (χ4v) is 2.15. The Labute approximate surface area is 98.2 Å². The Morgan fingerprint density at radius 2 is 2.35 bits per heavy atom. The highest BCUT2D eigenvalue weighted by atomic mass is 16.5. The van der Waals surface area contributed by atoms with Crippen molar-refractivity contribution in [3.63, 3.8) is 0 Å². The minimum Gasteiger partial charge on any atom is -0.481 e.